The van der Waals surface area contributed by atoms with E-state index in [1.54, 1.807) is 4.90 Å². The molecular formula is C16H15N3O3. The normalized spacial score (nSPS) is 16.2. The predicted octanol–water partition coefficient (Wildman–Crippen LogP) is 3.58. The maximum Gasteiger partial charge on any atom is 0.326 e. The van der Waals surface area contributed by atoms with Crippen LogP contribution in [0.3, 0.4) is 0 Å². The lowest BCUT2D eigenvalue weighted by atomic mass is 10.1. The number of nitrogens with zero attached hydrogens (tertiary/aromatic N) is 2. The van der Waals surface area contributed by atoms with E-state index < -0.39 is 4.92 Å². The Kier molecular flexibility index (Phi) is 3.50. The minimum absolute atomic E-state index is 0.00196. The van der Waals surface area contributed by atoms with Crippen LogP contribution in [-0.2, 0) is 6.42 Å². The number of nitro groups is 1. The van der Waals surface area contributed by atoms with Gasteiger partial charge in [-0.25, -0.2) is 4.79 Å². The average molecular weight is 297 g/mol. The predicted molar refractivity (Wildman–Crippen MR) is 84.2 cm³/mol. The summed E-state index contributed by atoms with van der Waals surface area (Å²) >= 11 is 0. The number of rotatable bonds is 2. The summed E-state index contributed by atoms with van der Waals surface area (Å²) in [6, 6.07) is 13.5. The Hall–Kier alpha value is -2.89. The molecule has 2 amide bonds. The molecule has 0 saturated heterocycles. The molecule has 1 heterocycles. The number of hydrogen-bond donors (Lipinski definition) is 1. The van der Waals surface area contributed by atoms with E-state index in [-0.39, 0.29) is 17.8 Å². The van der Waals surface area contributed by atoms with Crippen molar-refractivity contribution in [1.29, 1.82) is 0 Å². The van der Waals surface area contributed by atoms with E-state index in [9.17, 15) is 14.9 Å². The van der Waals surface area contributed by atoms with Crippen LogP contribution in [0.1, 0.15) is 12.5 Å². The number of anilines is 2. The first-order chi connectivity index (χ1) is 10.6. The third-order valence-electron chi connectivity index (χ3n) is 3.76. The van der Waals surface area contributed by atoms with E-state index in [1.807, 2.05) is 31.2 Å². The lowest BCUT2D eigenvalue weighted by Gasteiger charge is -2.23. The zero-order valence-corrected chi connectivity index (χ0v) is 12.0. The van der Waals surface area contributed by atoms with Crippen LogP contribution in [0.4, 0.5) is 21.9 Å². The highest BCUT2D eigenvalue weighted by atomic mass is 16.6. The third kappa shape index (κ3) is 2.50. The Morgan fingerprint density at radius 3 is 2.59 bits per heavy atom. The lowest BCUT2D eigenvalue weighted by molar-refractivity contribution is -0.384. The van der Waals surface area contributed by atoms with Gasteiger partial charge in [0.25, 0.3) is 5.69 Å². The second-order valence-corrected chi connectivity index (χ2v) is 5.29. The van der Waals surface area contributed by atoms with Crippen LogP contribution in [0.15, 0.2) is 48.5 Å². The van der Waals surface area contributed by atoms with E-state index in [1.165, 1.54) is 24.3 Å². The Bertz CT molecular complexity index is 728. The summed E-state index contributed by atoms with van der Waals surface area (Å²) < 4.78 is 0. The van der Waals surface area contributed by atoms with Crippen molar-refractivity contribution in [2.24, 2.45) is 0 Å². The maximum atomic E-state index is 12.5. The fraction of sp³-hybridized carbons (Fsp3) is 0.188. The van der Waals surface area contributed by atoms with Crippen molar-refractivity contribution < 1.29 is 9.72 Å². The number of non-ortho nitro benzene ring substituents is 1. The fourth-order valence-electron chi connectivity index (χ4n) is 2.73. The highest BCUT2D eigenvalue weighted by Gasteiger charge is 2.30. The summed E-state index contributed by atoms with van der Waals surface area (Å²) in [5.74, 6) is 0. The third-order valence-corrected chi connectivity index (χ3v) is 3.76. The molecule has 2 aromatic rings. The number of benzene rings is 2. The van der Waals surface area contributed by atoms with Crippen molar-refractivity contribution in [3.8, 4) is 0 Å². The zero-order chi connectivity index (χ0) is 15.7. The molecule has 0 fully saturated rings. The van der Waals surface area contributed by atoms with Gasteiger partial charge in [-0.3, -0.25) is 15.0 Å². The first kappa shape index (κ1) is 14.1. The number of nitro benzene ring substituents is 1. The largest absolute Gasteiger partial charge is 0.326 e. The molecule has 6 heteroatoms. The molecule has 1 N–H and O–H groups in total. The monoisotopic (exact) mass is 297 g/mol. The van der Waals surface area contributed by atoms with Gasteiger partial charge in [0.05, 0.1) is 4.92 Å². The number of nitrogens with one attached hydrogen (secondary N) is 1. The molecule has 0 bridgehead atoms. The van der Waals surface area contributed by atoms with Gasteiger partial charge in [-0.1, -0.05) is 18.2 Å². The van der Waals surface area contributed by atoms with Gasteiger partial charge in [0.1, 0.15) is 0 Å². The summed E-state index contributed by atoms with van der Waals surface area (Å²) in [5.41, 5.74) is 2.59. The molecule has 0 radical (unpaired) electrons. The molecule has 1 aliphatic heterocycles. The Morgan fingerprint density at radius 2 is 1.91 bits per heavy atom. The number of carbonyl (C=O) groups excluding carboxylic acids is 1. The molecule has 1 aliphatic rings. The van der Waals surface area contributed by atoms with Gasteiger partial charge < -0.3 is 5.32 Å². The molecule has 6 nitrogen and oxygen atoms in total. The quantitative estimate of drug-likeness (QED) is 0.680. The van der Waals surface area contributed by atoms with E-state index in [2.05, 4.69) is 5.32 Å². The molecule has 0 aliphatic carbocycles. The second-order valence-electron chi connectivity index (χ2n) is 5.29. The van der Waals surface area contributed by atoms with Crippen LogP contribution in [0.5, 0.6) is 0 Å². The lowest BCUT2D eigenvalue weighted by Crippen LogP contribution is -2.39. The molecule has 22 heavy (non-hydrogen) atoms. The summed E-state index contributed by atoms with van der Waals surface area (Å²) in [6.07, 6.45) is 0.823. The van der Waals surface area contributed by atoms with E-state index in [4.69, 9.17) is 0 Å². The molecule has 0 spiro atoms. The summed E-state index contributed by atoms with van der Waals surface area (Å²) in [4.78, 5) is 24.4. The molecular weight excluding hydrogens is 282 g/mol. The van der Waals surface area contributed by atoms with E-state index >= 15 is 0 Å². The first-order valence-corrected chi connectivity index (χ1v) is 6.99. The van der Waals surface area contributed by atoms with Crippen LogP contribution in [-0.4, -0.2) is 17.0 Å². The molecule has 3 rings (SSSR count). The van der Waals surface area contributed by atoms with Gasteiger partial charge in [-0.2, -0.15) is 0 Å². The molecule has 112 valence electrons. The molecule has 0 aromatic heterocycles. The number of fused-ring (bicyclic) bond motifs is 1. The van der Waals surface area contributed by atoms with Gasteiger partial charge in [-0.15, -0.1) is 0 Å². The average Bonchev–Trinajstić information content (AvgIpc) is 2.83. The van der Waals surface area contributed by atoms with E-state index in [0.29, 0.717) is 5.69 Å². The first-order valence-electron chi connectivity index (χ1n) is 6.99. The Balaban J connectivity index is 1.78. The smallest absolute Gasteiger partial charge is 0.308 e. The molecule has 2 aromatic carbocycles. The Morgan fingerprint density at radius 1 is 1.23 bits per heavy atom. The van der Waals surface area contributed by atoms with Crippen molar-refractivity contribution in [3.05, 3.63) is 64.2 Å². The minimum Gasteiger partial charge on any atom is -0.308 e. The van der Waals surface area contributed by atoms with Crippen LogP contribution in [0, 0.1) is 10.1 Å². The number of amides is 2. The van der Waals surface area contributed by atoms with Crippen molar-refractivity contribution in [2.45, 2.75) is 19.4 Å². The summed E-state index contributed by atoms with van der Waals surface area (Å²) in [7, 11) is 0. The van der Waals surface area contributed by atoms with Crippen molar-refractivity contribution in [1.82, 2.24) is 0 Å². The standard InChI is InChI=1S/C16H15N3O3/c1-11-10-12-4-2-3-5-15(12)18(11)16(20)17-13-6-8-14(9-7-13)19(21)22/h2-9,11H,10H2,1H3,(H,17,20). The van der Waals surface area contributed by atoms with Crippen LogP contribution < -0.4 is 10.2 Å². The van der Waals surface area contributed by atoms with Crippen LogP contribution in [0.2, 0.25) is 0 Å². The minimum atomic E-state index is -0.468. The van der Waals surface area contributed by atoms with Crippen LogP contribution in [0.25, 0.3) is 0 Å². The summed E-state index contributed by atoms with van der Waals surface area (Å²) in [6.45, 7) is 2.00. The molecule has 1 atom stereocenters. The SMILES string of the molecule is CC1Cc2ccccc2N1C(=O)Nc1ccc([N+](=O)[O-])cc1. The number of para-hydroxylation sites is 1. The number of urea groups is 1. The van der Waals surface area contributed by atoms with Gasteiger partial charge in [0.15, 0.2) is 0 Å². The number of hydrogen-bond acceptors (Lipinski definition) is 3. The summed E-state index contributed by atoms with van der Waals surface area (Å²) in [5, 5.41) is 13.4. The Labute approximate surface area is 127 Å². The van der Waals surface area contributed by atoms with Gasteiger partial charge in [-0.05, 0) is 37.1 Å². The van der Waals surface area contributed by atoms with Crippen molar-refractivity contribution >= 4 is 23.1 Å². The topological polar surface area (TPSA) is 75.5 Å². The highest BCUT2D eigenvalue weighted by molar-refractivity contribution is 6.03. The van der Waals surface area contributed by atoms with E-state index in [0.717, 1.165) is 17.7 Å². The van der Waals surface area contributed by atoms with Gasteiger partial charge in [0, 0.05) is 29.5 Å². The molecule has 0 saturated carbocycles. The van der Waals surface area contributed by atoms with Crippen molar-refractivity contribution in [3.63, 3.8) is 0 Å². The maximum absolute atomic E-state index is 12.5. The number of carbonyl (C=O) groups is 1. The second kappa shape index (κ2) is 5.48. The highest BCUT2D eigenvalue weighted by Crippen LogP contribution is 2.32. The van der Waals surface area contributed by atoms with Crippen molar-refractivity contribution in [2.75, 3.05) is 10.2 Å². The van der Waals surface area contributed by atoms with Crippen LogP contribution >= 0.6 is 0 Å². The fourth-order valence-corrected chi connectivity index (χ4v) is 2.73. The zero-order valence-electron chi connectivity index (χ0n) is 12.0. The van der Waals surface area contributed by atoms with Gasteiger partial charge >= 0.3 is 6.03 Å². The molecule has 1 unspecified atom stereocenters. The van der Waals surface area contributed by atoms with Gasteiger partial charge in [0.2, 0.25) is 0 Å².